The zero-order valence-corrected chi connectivity index (χ0v) is 18.0. The average Bonchev–Trinajstić information content (AvgIpc) is 3.26. The molecule has 0 spiro atoms. The first-order valence-corrected chi connectivity index (χ1v) is 10.7. The molecule has 2 aromatic rings. The molecule has 0 bridgehead atoms. The molecule has 2 aliphatic heterocycles. The van der Waals surface area contributed by atoms with E-state index in [-0.39, 0.29) is 17.3 Å². The number of halogens is 1. The molecule has 1 aromatic carbocycles. The number of nitrogens with one attached hydrogen (secondary N) is 3. The summed E-state index contributed by atoms with van der Waals surface area (Å²) in [5.41, 5.74) is 3.34. The molecule has 7 heteroatoms. The first-order valence-electron chi connectivity index (χ1n) is 10.7. The Morgan fingerprint density at radius 2 is 1.97 bits per heavy atom. The molecule has 6 nitrogen and oxygen atoms in total. The van der Waals surface area contributed by atoms with E-state index < -0.39 is 0 Å². The van der Waals surface area contributed by atoms with Gasteiger partial charge in [-0.1, -0.05) is 19.9 Å². The molecule has 1 aliphatic carbocycles. The number of fused-ring (bicyclic) bond motifs is 2. The van der Waals surface area contributed by atoms with E-state index >= 15 is 0 Å². The van der Waals surface area contributed by atoms with Gasteiger partial charge >= 0.3 is 0 Å². The van der Waals surface area contributed by atoms with E-state index in [1.54, 1.807) is 0 Å². The maximum absolute atomic E-state index is 13.5. The van der Waals surface area contributed by atoms with Crippen molar-refractivity contribution in [3.8, 4) is 0 Å². The molecule has 3 aliphatic rings. The van der Waals surface area contributed by atoms with Gasteiger partial charge < -0.3 is 20.9 Å². The summed E-state index contributed by atoms with van der Waals surface area (Å²) in [5.74, 6) is 3.34. The van der Waals surface area contributed by atoms with E-state index in [9.17, 15) is 4.39 Å². The predicted molar refractivity (Wildman–Crippen MR) is 119 cm³/mol. The molecule has 0 radical (unpaired) electrons. The van der Waals surface area contributed by atoms with Crippen LogP contribution in [0.4, 0.5) is 27.7 Å². The summed E-state index contributed by atoms with van der Waals surface area (Å²) in [7, 11) is 1.90. The van der Waals surface area contributed by atoms with E-state index in [2.05, 4.69) is 47.7 Å². The highest BCUT2D eigenvalue weighted by Crippen LogP contribution is 2.48. The maximum Gasteiger partial charge on any atom is 0.227 e. The minimum atomic E-state index is -0.234. The minimum absolute atomic E-state index is 0.133. The van der Waals surface area contributed by atoms with Crippen LogP contribution in [0.25, 0.3) is 0 Å². The van der Waals surface area contributed by atoms with Crippen LogP contribution in [-0.2, 0) is 5.41 Å². The summed E-state index contributed by atoms with van der Waals surface area (Å²) in [6.45, 7) is 9.36. The second-order valence-electron chi connectivity index (χ2n) is 9.13. The summed E-state index contributed by atoms with van der Waals surface area (Å²) < 4.78 is 13.5. The fourth-order valence-electron chi connectivity index (χ4n) is 5.39. The number of benzene rings is 1. The lowest BCUT2D eigenvalue weighted by molar-refractivity contribution is 0.318. The lowest BCUT2D eigenvalue weighted by Gasteiger charge is -2.43. The number of hydrogen-bond acceptors (Lipinski definition) is 6. The molecule has 2 fully saturated rings. The fourth-order valence-corrected chi connectivity index (χ4v) is 5.39. The number of aromatic nitrogens is 2. The van der Waals surface area contributed by atoms with Crippen molar-refractivity contribution in [3.63, 3.8) is 0 Å². The smallest absolute Gasteiger partial charge is 0.227 e. The molecule has 5 rings (SSSR count). The predicted octanol–water partition coefficient (Wildman–Crippen LogP) is 3.66. The normalized spacial score (nSPS) is 27.6. The van der Waals surface area contributed by atoms with Crippen LogP contribution in [0.15, 0.2) is 35.9 Å². The SMILES string of the molecule is C/C=C1\C2CNCC2C1Nc1nc(NC)c2c(n1)N(c1ccc(F)cc1)CC2(C)C. The number of hydrogen-bond donors (Lipinski definition) is 3. The molecule has 3 unspecified atom stereocenters. The Hall–Kier alpha value is -2.67. The highest BCUT2D eigenvalue weighted by molar-refractivity contribution is 5.75. The molecular formula is C23H29FN6. The van der Waals surface area contributed by atoms with Gasteiger partial charge in [0, 0.05) is 55.2 Å². The Balaban J connectivity index is 1.54. The summed E-state index contributed by atoms with van der Waals surface area (Å²) in [4.78, 5) is 12.0. The molecule has 3 atom stereocenters. The summed E-state index contributed by atoms with van der Waals surface area (Å²) in [6.07, 6.45) is 2.23. The van der Waals surface area contributed by atoms with Crippen molar-refractivity contribution >= 4 is 23.3 Å². The van der Waals surface area contributed by atoms with Crippen molar-refractivity contribution in [1.29, 1.82) is 0 Å². The Bertz CT molecular complexity index is 999. The van der Waals surface area contributed by atoms with E-state index in [0.717, 1.165) is 42.5 Å². The third-order valence-corrected chi connectivity index (χ3v) is 6.85. The monoisotopic (exact) mass is 408 g/mol. The molecule has 0 amide bonds. The largest absolute Gasteiger partial charge is 0.373 e. The van der Waals surface area contributed by atoms with Gasteiger partial charge in [-0.15, -0.1) is 0 Å². The van der Waals surface area contributed by atoms with E-state index in [0.29, 0.717) is 17.8 Å². The van der Waals surface area contributed by atoms with Gasteiger partial charge in [0.05, 0.1) is 6.04 Å². The third-order valence-electron chi connectivity index (χ3n) is 6.85. The second kappa shape index (κ2) is 6.94. The number of nitrogens with zero attached hydrogens (tertiary/aromatic N) is 3. The zero-order chi connectivity index (χ0) is 21.0. The maximum atomic E-state index is 13.5. The van der Waals surface area contributed by atoms with E-state index in [1.165, 1.54) is 17.7 Å². The molecule has 3 N–H and O–H groups in total. The molecule has 1 saturated heterocycles. The van der Waals surface area contributed by atoms with Crippen molar-refractivity contribution in [2.45, 2.75) is 32.2 Å². The van der Waals surface area contributed by atoms with Crippen molar-refractivity contribution in [2.75, 3.05) is 42.2 Å². The van der Waals surface area contributed by atoms with Gasteiger partial charge in [-0.05, 0) is 36.8 Å². The van der Waals surface area contributed by atoms with Crippen LogP contribution in [0.3, 0.4) is 0 Å². The van der Waals surface area contributed by atoms with Crippen molar-refractivity contribution in [1.82, 2.24) is 15.3 Å². The van der Waals surface area contributed by atoms with Gasteiger partial charge in [0.25, 0.3) is 0 Å². The van der Waals surface area contributed by atoms with Crippen molar-refractivity contribution < 1.29 is 4.39 Å². The molecule has 1 aromatic heterocycles. The number of anilines is 4. The Labute approximate surface area is 177 Å². The molecule has 3 heterocycles. The zero-order valence-electron chi connectivity index (χ0n) is 18.0. The Morgan fingerprint density at radius 1 is 1.20 bits per heavy atom. The first kappa shape index (κ1) is 19.3. The lowest BCUT2D eigenvalue weighted by atomic mass is 9.67. The summed E-state index contributed by atoms with van der Waals surface area (Å²) in [6, 6.07) is 6.89. The third kappa shape index (κ3) is 2.87. The fraction of sp³-hybridized carbons (Fsp3) is 0.478. The molecule has 1 saturated carbocycles. The van der Waals surface area contributed by atoms with Crippen molar-refractivity contribution in [2.24, 2.45) is 11.8 Å². The standard InChI is InChI=1S/C23H29FN6/c1-5-15-16-10-26-11-17(16)19(15)27-22-28-20(25-4)18-21(29-22)30(12-23(18,2)3)14-8-6-13(24)7-9-14/h5-9,16-17,19,26H,10-12H2,1-4H3,(H2,25,27,28,29)/b15-5+. The van der Waals surface area contributed by atoms with Gasteiger partial charge in [0.2, 0.25) is 5.95 Å². The van der Waals surface area contributed by atoms with Crippen LogP contribution < -0.4 is 20.9 Å². The average molecular weight is 409 g/mol. The summed E-state index contributed by atoms with van der Waals surface area (Å²) >= 11 is 0. The highest BCUT2D eigenvalue weighted by atomic mass is 19.1. The van der Waals surface area contributed by atoms with Gasteiger partial charge in [-0.25, -0.2) is 4.39 Å². The van der Waals surface area contributed by atoms with Crippen LogP contribution in [0, 0.1) is 17.7 Å². The van der Waals surface area contributed by atoms with Crippen molar-refractivity contribution in [3.05, 3.63) is 47.3 Å². The quantitative estimate of drug-likeness (QED) is 0.671. The molecular weight excluding hydrogens is 379 g/mol. The Kier molecular flexibility index (Phi) is 4.47. The van der Waals surface area contributed by atoms with Gasteiger partial charge in [0.1, 0.15) is 17.5 Å². The van der Waals surface area contributed by atoms with E-state index in [1.807, 2.05) is 19.2 Å². The molecule has 158 valence electrons. The number of allylic oxidation sites excluding steroid dienone is 1. The Morgan fingerprint density at radius 3 is 2.67 bits per heavy atom. The first-order chi connectivity index (χ1) is 14.4. The summed E-state index contributed by atoms with van der Waals surface area (Å²) in [5, 5.41) is 10.4. The van der Waals surface area contributed by atoms with Crippen LogP contribution in [0.2, 0.25) is 0 Å². The van der Waals surface area contributed by atoms with Crippen LogP contribution in [-0.4, -0.2) is 42.7 Å². The second-order valence-corrected chi connectivity index (χ2v) is 9.13. The van der Waals surface area contributed by atoms with Crippen LogP contribution in [0.5, 0.6) is 0 Å². The van der Waals surface area contributed by atoms with Gasteiger partial charge in [0.15, 0.2) is 0 Å². The number of rotatable bonds is 4. The van der Waals surface area contributed by atoms with Gasteiger partial charge in [-0.3, -0.25) is 0 Å². The van der Waals surface area contributed by atoms with E-state index in [4.69, 9.17) is 9.97 Å². The van der Waals surface area contributed by atoms with Crippen LogP contribution >= 0.6 is 0 Å². The highest BCUT2D eigenvalue weighted by Gasteiger charge is 2.48. The topological polar surface area (TPSA) is 65.1 Å². The lowest BCUT2D eigenvalue weighted by Crippen LogP contribution is -2.48. The molecule has 30 heavy (non-hydrogen) atoms. The minimum Gasteiger partial charge on any atom is -0.373 e. The van der Waals surface area contributed by atoms with Crippen LogP contribution in [0.1, 0.15) is 26.3 Å². The van der Waals surface area contributed by atoms with Gasteiger partial charge in [-0.2, -0.15) is 9.97 Å².